The lowest BCUT2D eigenvalue weighted by Gasteiger charge is -2.28. The van der Waals surface area contributed by atoms with Crippen molar-refractivity contribution >= 4 is 12.0 Å². The van der Waals surface area contributed by atoms with Gasteiger partial charge >= 0.3 is 0 Å². The van der Waals surface area contributed by atoms with Crippen molar-refractivity contribution < 1.29 is 4.79 Å². The molecule has 1 amide bonds. The Morgan fingerprint density at radius 3 is 2.70 bits per heavy atom. The number of piperidine rings is 1. The van der Waals surface area contributed by atoms with Gasteiger partial charge in [0.05, 0.1) is 0 Å². The van der Waals surface area contributed by atoms with E-state index in [4.69, 9.17) is 0 Å². The number of hydrogen-bond acceptors (Lipinski definition) is 2. The predicted octanol–water partition coefficient (Wildman–Crippen LogP) is 2.55. The summed E-state index contributed by atoms with van der Waals surface area (Å²) >= 11 is 0. The van der Waals surface area contributed by atoms with Gasteiger partial charge in [0.2, 0.25) is 5.91 Å². The molecule has 0 atom stereocenters. The van der Waals surface area contributed by atoms with E-state index in [-0.39, 0.29) is 5.91 Å². The molecular formula is C17H24N2O. The second kappa shape index (κ2) is 7.85. The molecule has 0 bridgehead atoms. The SMILES string of the molecule is CN1CCC(CCNC(=O)C=Cc2ccccc2)CC1. The van der Waals surface area contributed by atoms with E-state index < -0.39 is 0 Å². The Morgan fingerprint density at radius 1 is 1.30 bits per heavy atom. The average Bonchev–Trinajstić information content (AvgIpc) is 2.48. The maximum atomic E-state index is 11.7. The van der Waals surface area contributed by atoms with Crippen molar-refractivity contribution in [3.05, 3.63) is 42.0 Å². The van der Waals surface area contributed by atoms with Crippen LogP contribution < -0.4 is 5.32 Å². The minimum Gasteiger partial charge on any atom is -0.353 e. The van der Waals surface area contributed by atoms with Crippen LogP contribution >= 0.6 is 0 Å². The Labute approximate surface area is 121 Å². The van der Waals surface area contributed by atoms with Gasteiger partial charge in [0.1, 0.15) is 0 Å². The summed E-state index contributed by atoms with van der Waals surface area (Å²) in [6.07, 6.45) is 7.08. The minimum atomic E-state index is 0.00165. The zero-order chi connectivity index (χ0) is 14.2. The molecule has 1 aromatic rings. The van der Waals surface area contributed by atoms with Gasteiger partial charge in [0.15, 0.2) is 0 Å². The summed E-state index contributed by atoms with van der Waals surface area (Å²) in [5, 5.41) is 2.97. The van der Waals surface area contributed by atoms with Gasteiger partial charge in [-0.1, -0.05) is 30.3 Å². The second-order valence-corrected chi connectivity index (χ2v) is 5.57. The van der Waals surface area contributed by atoms with Gasteiger partial charge < -0.3 is 10.2 Å². The number of nitrogens with zero attached hydrogens (tertiary/aromatic N) is 1. The summed E-state index contributed by atoms with van der Waals surface area (Å²) in [6.45, 7) is 3.16. The fourth-order valence-corrected chi connectivity index (χ4v) is 2.55. The van der Waals surface area contributed by atoms with Crippen LogP contribution in [0.2, 0.25) is 0 Å². The van der Waals surface area contributed by atoms with Gasteiger partial charge in [-0.2, -0.15) is 0 Å². The first-order valence-corrected chi connectivity index (χ1v) is 7.43. The molecule has 1 N–H and O–H groups in total. The van der Waals surface area contributed by atoms with Crippen LogP contribution in [0.15, 0.2) is 36.4 Å². The van der Waals surface area contributed by atoms with Crippen LogP contribution in [0.3, 0.4) is 0 Å². The summed E-state index contributed by atoms with van der Waals surface area (Å²) in [5.74, 6) is 0.770. The number of carbonyl (C=O) groups excluding carboxylic acids is 1. The summed E-state index contributed by atoms with van der Waals surface area (Å²) in [6, 6.07) is 9.89. The number of rotatable bonds is 5. The third kappa shape index (κ3) is 5.17. The van der Waals surface area contributed by atoms with Crippen LogP contribution in [-0.4, -0.2) is 37.5 Å². The van der Waals surface area contributed by atoms with Crippen LogP contribution in [0.1, 0.15) is 24.8 Å². The van der Waals surface area contributed by atoms with Crippen molar-refractivity contribution in [2.24, 2.45) is 5.92 Å². The van der Waals surface area contributed by atoms with Crippen LogP contribution in [0.4, 0.5) is 0 Å². The van der Waals surface area contributed by atoms with Gasteiger partial charge in [-0.3, -0.25) is 4.79 Å². The summed E-state index contributed by atoms with van der Waals surface area (Å²) in [4.78, 5) is 14.1. The molecule has 3 heteroatoms. The first-order valence-electron chi connectivity index (χ1n) is 7.43. The van der Waals surface area contributed by atoms with E-state index in [9.17, 15) is 4.79 Å². The molecule has 1 aromatic carbocycles. The molecule has 108 valence electrons. The molecule has 1 fully saturated rings. The topological polar surface area (TPSA) is 32.3 Å². The van der Waals surface area contributed by atoms with E-state index in [2.05, 4.69) is 17.3 Å². The normalized spacial score (nSPS) is 17.4. The van der Waals surface area contributed by atoms with Crippen molar-refractivity contribution in [1.82, 2.24) is 10.2 Å². The highest BCUT2D eigenvalue weighted by atomic mass is 16.1. The van der Waals surface area contributed by atoms with Crippen molar-refractivity contribution in [3.8, 4) is 0 Å². The van der Waals surface area contributed by atoms with Crippen molar-refractivity contribution in [1.29, 1.82) is 0 Å². The Bertz CT molecular complexity index is 434. The van der Waals surface area contributed by atoms with E-state index in [1.807, 2.05) is 36.4 Å². The summed E-state index contributed by atoms with van der Waals surface area (Å²) < 4.78 is 0. The number of carbonyl (C=O) groups is 1. The molecule has 0 saturated carbocycles. The number of nitrogens with one attached hydrogen (secondary N) is 1. The Kier molecular flexibility index (Phi) is 5.81. The molecule has 1 aliphatic heterocycles. The number of hydrogen-bond donors (Lipinski definition) is 1. The van der Waals surface area contributed by atoms with Gasteiger partial charge in [-0.25, -0.2) is 0 Å². The number of benzene rings is 1. The smallest absolute Gasteiger partial charge is 0.243 e. The highest BCUT2D eigenvalue weighted by Crippen LogP contribution is 2.18. The first-order chi connectivity index (χ1) is 9.74. The van der Waals surface area contributed by atoms with E-state index in [0.717, 1.165) is 24.4 Å². The fraction of sp³-hybridized carbons (Fsp3) is 0.471. The fourth-order valence-electron chi connectivity index (χ4n) is 2.55. The maximum absolute atomic E-state index is 11.7. The third-order valence-electron chi connectivity index (χ3n) is 3.92. The lowest BCUT2D eigenvalue weighted by atomic mass is 9.94. The van der Waals surface area contributed by atoms with Gasteiger partial charge in [0.25, 0.3) is 0 Å². The first kappa shape index (κ1) is 14.8. The van der Waals surface area contributed by atoms with Crippen LogP contribution in [-0.2, 0) is 4.79 Å². The van der Waals surface area contributed by atoms with E-state index in [0.29, 0.717) is 0 Å². The van der Waals surface area contributed by atoms with Crippen LogP contribution in [0, 0.1) is 5.92 Å². The Morgan fingerprint density at radius 2 is 2.00 bits per heavy atom. The molecule has 0 unspecified atom stereocenters. The second-order valence-electron chi connectivity index (χ2n) is 5.57. The van der Waals surface area contributed by atoms with Crippen molar-refractivity contribution in [2.75, 3.05) is 26.7 Å². The van der Waals surface area contributed by atoms with Crippen LogP contribution in [0.25, 0.3) is 6.08 Å². The monoisotopic (exact) mass is 272 g/mol. The lowest BCUT2D eigenvalue weighted by molar-refractivity contribution is -0.116. The zero-order valence-corrected chi connectivity index (χ0v) is 12.2. The quantitative estimate of drug-likeness (QED) is 0.836. The van der Waals surface area contributed by atoms with Gasteiger partial charge in [0, 0.05) is 12.6 Å². The zero-order valence-electron chi connectivity index (χ0n) is 12.2. The molecule has 1 saturated heterocycles. The summed E-state index contributed by atoms with van der Waals surface area (Å²) in [7, 11) is 2.17. The highest BCUT2D eigenvalue weighted by Gasteiger charge is 2.15. The largest absolute Gasteiger partial charge is 0.353 e. The highest BCUT2D eigenvalue weighted by molar-refractivity contribution is 5.91. The molecule has 3 nitrogen and oxygen atoms in total. The van der Waals surface area contributed by atoms with Crippen molar-refractivity contribution in [3.63, 3.8) is 0 Å². The van der Waals surface area contributed by atoms with Crippen LogP contribution in [0.5, 0.6) is 0 Å². The molecule has 0 aromatic heterocycles. The molecule has 1 aliphatic rings. The van der Waals surface area contributed by atoms with E-state index >= 15 is 0 Å². The van der Waals surface area contributed by atoms with E-state index in [1.54, 1.807) is 6.08 Å². The molecule has 2 rings (SSSR count). The third-order valence-corrected chi connectivity index (χ3v) is 3.92. The van der Waals surface area contributed by atoms with Gasteiger partial charge in [-0.05, 0) is 57.0 Å². The summed E-state index contributed by atoms with van der Waals surface area (Å²) in [5.41, 5.74) is 1.05. The molecule has 0 radical (unpaired) electrons. The molecule has 20 heavy (non-hydrogen) atoms. The number of likely N-dealkylation sites (tertiary alicyclic amines) is 1. The molecular weight excluding hydrogens is 248 g/mol. The van der Waals surface area contributed by atoms with E-state index in [1.165, 1.54) is 25.9 Å². The molecule has 0 aliphatic carbocycles. The molecule has 0 spiro atoms. The van der Waals surface area contributed by atoms with Crippen molar-refractivity contribution in [2.45, 2.75) is 19.3 Å². The predicted molar refractivity (Wildman–Crippen MR) is 83.3 cm³/mol. The minimum absolute atomic E-state index is 0.00165. The molecule has 1 heterocycles. The average molecular weight is 272 g/mol. The maximum Gasteiger partial charge on any atom is 0.243 e. The lowest BCUT2D eigenvalue weighted by Crippen LogP contribution is -2.32. The number of amides is 1. The Balaban J connectivity index is 1.64. The standard InChI is InChI=1S/C17H24N2O/c1-19-13-10-16(11-14-19)9-12-18-17(20)8-7-15-5-3-2-4-6-15/h2-8,16H,9-14H2,1H3,(H,18,20). The van der Waals surface area contributed by atoms with Gasteiger partial charge in [-0.15, -0.1) is 0 Å². The Hall–Kier alpha value is -1.61.